The van der Waals surface area contributed by atoms with Crippen molar-refractivity contribution in [1.29, 1.82) is 0 Å². The molecule has 0 aromatic carbocycles. The summed E-state index contributed by atoms with van der Waals surface area (Å²) in [5, 5.41) is 13.0. The van der Waals surface area contributed by atoms with E-state index in [2.05, 4.69) is 33.0 Å². The molecule has 158 valence electrons. The predicted octanol–water partition coefficient (Wildman–Crippen LogP) is 1.77. The van der Waals surface area contributed by atoms with E-state index in [0.717, 1.165) is 23.5 Å². The van der Waals surface area contributed by atoms with Gasteiger partial charge < -0.3 is 20.8 Å². The molecule has 1 aromatic rings. The molecule has 0 saturated carbocycles. The summed E-state index contributed by atoms with van der Waals surface area (Å²) in [4.78, 5) is 44.8. The number of β-lactam (4-membered cyclic amide) rings is 1. The van der Waals surface area contributed by atoms with Crippen LogP contribution in [0.4, 0.5) is 5.13 Å². The maximum Gasteiger partial charge on any atom is 0.276 e. The Kier molecular flexibility index (Phi) is 9.62. The van der Waals surface area contributed by atoms with Crippen LogP contribution in [-0.4, -0.2) is 62.1 Å². The highest BCUT2D eigenvalue weighted by Gasteiger charge is 2.42. The van der Waals surface area contributed by atoms with Crippen molar-refractivity contribution >= 4 is 90.8 Å². The zero-order valence-electron chi connectivity index (χ0n) is 15.4. The molecule has 0 radical (unpaired) electrons. The van der Waals surface area contributed by atoms with Crippen LogP contribution in [0.15, 0.2) is 10.5 Å². The molecule has 1 aromatic heterocycles. The minimum absolute atomic E-state index is 0.124. The number of nitrogens with zero attached hydrogens (tertiary/aromatic N) is 2. The number of halogens is 1. The van der Waals surface area contributed by atoms with Crippen LogP contribution in [-0.2, 0) is 19.2 Å². The molecule has 9 nitrogen and oxygen atoms in total. The molecule has 0 spiro atoms. The van der Waals surface area contributed by atoms with Gasteiger partial charge in [-0.15, -0.1) is 34.7 Å². The molecule has 0 unspecified atom stereocenters. The van der Waals surface area contributed by atoms with Crippen molar-refractivity contribution in [2.24, 2.45) is 5.16 Å². The van der Waals surface area contributed by atoms with Gasteiger partial charge in [-0.05, 0) is 12.2 Å². The molecule has 14 heteroatoms. The van der Waals surface area contributed by atoms with Crippen LogP contribution in [0.2, 0.25) is 0 Å². The second kappa shape index (κ2) is 11.7. The SMILES string of the molecule is CCCSC(=S)S[C@@H]1NC(=O)[C@H]1NC(=O)C(=NOC)c1csc(NC(=O)CCl)n1. The Morgan fingerprint density at radius 3 is 2.90 bits per heavy atom. The van der Waals surface area contributed by atoms with Crippen LogP contribution in [0, 0.1) is 0 Å². The lowest BCUT2D eigenvalue weighted by atomic mass is 10.1. The third-order valence-corrected chi connectivity index (χ3v) is 7.29. The summed E-state index contributed by atoms with van der Waals surface area (Å²) in [5.74, 6) is -0.706. The number of thioether (sulfide) groups is 2. The monoisotopic (exact) mass is 495 g/mol. The van der Waals surface area contributed by atoms with Gasteiger partial charge in [0, 0.05) is 5.38 Å². The van der Waals surface area contributed by atoms with Crippen LogP contribution in [0.25, 0.3) is 0 Å². The third kappa shape index (κ3) is 6.81. The average molecular weight is 496 g/mol. The van der Waals surface area contributed by atoms with E-state index in [9.17, 15) is 14.4 Å². The van der Waals surface area contributed by atoms with E-state index < -0.39 is 17.9 Å². The highest BCUT2D eigenvalue weighted by atomic mass is 35.5. The van der Waals surface area contributed by atoms with Crippen LogP contribution in [0.3, 0.4) is 0 Å². The number of carbonyl (C=O) groups excluding carboxylic acids is 3. The van der Waals surface area contributed by atoms with Gasteiger partial charge in [-0.3, -0.25) is 14.4 Å². The average Bonchev–Trinajstić information content (AvgIpc) is 3.15. The van der Waals surface area contributed by atoms with E-state index in [1.165, 1.54) is 36.0 Å². The van der Waals surface area contributed by atoms with Gasteiger partial charge in [-0.2, -0.15) is 0 Å². The minimum atomic E-state index is -0.760. The van der Waals surface area contributed by atoms with Crippen molar-refractivity contribution in [3.05, 3.63) is 11.1 Å². The number of aromatic nitrogens is 1. The summed E-state index contributed by atoms with van der Waals surface area (Å²) >= 11 is 14.7. The fourth-order valence-corrected chi connectivity index (χ4v) is 5.27. The number of thiocarbonyl (C=S) groups is 1. The first kappa shape index (κ1) is 23.9. The largest absolute Gasteiger partial charge is 0.398 e. The number of anilines is 1. The van der Waals surface area contributed by atoms with Crippen molar-refractivity contribution < 1.29 is 19.2 Å². The molecule has 1 aliphatic rings. The van der Waals surface area contributed by atoms with Crippen molar-refractivity contribution in [3.8, 4) is 0 Å². The van der Waals surface area contributed by atoms with Crippen molar-refractivity contribution in [2.45, 2.75) is 24.8 Å². The first-order chi connectivity index (χ1) is 13.9. The molecule has 2 atom stereocenters. The molecule has 0 bridgehead atoms. The summed E-state index contributed by atoms with van der Waals surface area (Å²) in [6.45, 7) is 2.05. The van der Waals surface area contributed by atoms with Crippen molar-refractivity contribution in [3.63, 3.8) is 0 Å². The van der Waals surface area contributed by atoms with Crippen LogP contribution in [0.5, 0.6) is 0 Å². The van der Waals surface area contributed by atoms with Gasteiger partial charge in [-0.25, -0.2) is 4.98 Å². The molecule has 1 aliphatic heterocycles. The van der Waals surface area contributed by atoms with Gasteiger partial charge >= 0.3 is 0 Å². The van der Waals surface area contributed by atoms with Crippen LogP contribution >= 0.6 is 58.7 Å². The minimum Gasteiger partial charge on any atom is -0.398 e. The summed E-state index contributed by atoms with van der Waals surface area (Å²) in [6.07, 6.45) is 0.986. The first-order valence-corrected chi connectivity index (χ1v) is 12.0. The predicted molar refractivity (Wildman–Crippen MR) is 122 cm³/mol. The maximum atomic E-state index is 12.7. The smallest absolute Gasteiger partial charge is 0.276 e. The topological polar surface area (TPSA) is 122 Å². The van der Waals surface area contributed by atoms with Gasteiger partial charge in [-0.1, -0.05) is 36.1 Å². The number of hydrogen-bond acceptors (Lipinski definition) is 10. The molecule has 3 N–H and O–H groups in total. The van der Waals surface area contributed by atoms with E-state index in [0.29, 0.717) is 3.53 Å². The highest BCUT2D eigenvalue weighted by Crippen LogP contribution is 2.27. The van der Waals surface area contributed by atoms with Crippen molar-refractivity contribution in [1.82, 2.24) is 15.6 Å². The molecule has 1 saturated heterocycles. The second-order valence-corrected chi connectivity index (χ2v) is 10.0. The number of oxime groups is 1. The highest BCUT2D eigenvalue weighted by molar-refractivity contribution is 8.47. The number of amides is 3. The van der Waals surface area contributed by atoms with E-state index in [-0.39, 0.29) is 33.7 Å². The zero-order valence-corrected chi connectivity index (χ0v) is 19.4. The molecule has 29 heavy (non-hydrogen) atoms. The summed E-state index contributed by atoms with van der Waals surface area (Å²) in [5.41, 5.74) is 0.0682. The Bertz CT molecular complexity index is 818. The van der Waals surface area contributed by atoms with E-state index in [1.54, 1.807) is 0 Å². The lowest BCUT2D eigenvalue weighted by molar-refractivity contribution is -0.132. The van der Waals surface area contributed by atoms with E-state index in [1.807, 2.05) is 0 Å². The molecule has 0 aliphatic carbocycles. The Hall–Kier alpha value is -1.41. The Labute approximate surface area is 190 Å². The first-order valence-electron chi connectivity index (χ1n) is 8.27. The standard InChI is InChI=1S/C15H18ClN5O4S4/c1-3-4-27-15(26)29-13-10(12(24)20-13)19-11(23)9(21-25-2)7-6-28-14(17-7)18-8(22)5-16/h6,10,13H,3-5H2,1-2H3,(H,19,23)(H,20,24)(H,17,18,22)/t10-,13+/m1/s1. The lowest BCUT2D eigenvalue weighted by Crippen LogP contribution is -2.68. The number of nitrogens with one attached hydrogen (secondary N) is 3. The van der Waals surface area contributed by atoms with E-state index >= 15 is 0 Å². The fourth-order valence-electron chi connectivity index (χ4n) is 2.01. The van der Waals surface area contributed by atoms with Gasteiger partial charge in [0.15, 0.2) is 10.8 Å². The lowest BCUT2D eigenvalue weighted by Gasteiger charge is -2.36. The number of carbonyl (C=O) groups is 3. The maximum absolute atomic E-state index is 12.7. The number of thiazole rings is 1. The quantitative estimate of drug-likeness (QED) is 0.156. The summed E-state index contributed by atoms with van der Waals surface area (Å²) in [7, 11) is 1.29. The second-order valence-electron chi connectivity index (χ2n) is 5.44. The number of hydrogen-bond donors (Lipinski definition) is 3. The molecular weight excluding hydrogens is 478 g/mol. The molecule has 1 fully saturated rings. The van der Waals surface area contributed by atoms with Crippen LogP contribution < -0.4 is 16.0 Å². The van der Waals surface area contributed by atoms with Gasteiger partial charge in [0.25, 0.3) is 5.91 Å². The third-order valence-electron chi connectivity index (χ3n) is 3.32. The van der Waals surface area contributed by atoms with Gasteiger partial charge in [0.2, 0.25) is 11.8 Å². The van der Waals surface area contributed by atoms with Gasteiger partial charge in [0.1, 0.15) is 33.6 Å². The van der Waals surface area contributed by atoms with Gasteiger partial charge in [0.05, 0.1) is 0 Å². The number of rotatable bonds is 9. The summed E-state index contributed by atoms with van der Waals surface area (Å²) < 4.78 is 0.695. The van der Waals surface area contributed by atoms with E-state index in [4.69, 9.17) is 28.7 Å². The molecule has 3 amide bonds. The Morgan fingerprint density at radius 2 is 2.28 bits per heavy atom. The Balaban J connectivity index is 2.04. The fraction of sp³-hybridized carbons (Fsp3) is 0.467. The molecule has 2 heterocycles. The molecular formula is C15H18ClN5O4S4. The zero-order chi connectivity index (χ0) is 21.4. The summed E-state index contributed by atoms with van der Waals surface area (Å²) in [6, 6.07) is -0.760. The Morgan fingerprint density at radius 1 is 1.52 bits per heavy atom. The molecule has 2 rings (SSSR count). The number of alkyl halides is 1. The normalized spacial score (nSPS) is 18.4. The van der Waals surface area contributed by atoms with Crippen molar-refractivity contribution in [2.75, 3.05) is 24.1 Å². The van der Waals surface area contributed by atoms with Crippen LogP contribution in [0.1, 0.15) is 19.0 Å².